The summed E-state index contributed by atoms with van der Waals surface area (Å²) < 4.78 is 13.5. The maximum atomic E-state index is 13.5. The summed E-state index contributed by atoms with van der Waals surface area (Å²) in [5.74, 6) is -1.21. The van der Waals surface area contributed by atoms with Crippen molar-refractivity contribution in [3.05, 3.63) is 47.1 Å². The number of aromatic nitrogens is 2. The van der Waals surface area contributed by atoms with E-state index in [1.807, 2.05) is 0 Å². The Hall–Kier alpha value is -2.21. The maximum Gasteiger partial charge on any atom is 0.276 e. The first-order valence-corrected chi connectivity index (χ1v) is 5.28. The van der Waals surface area contributed by atoms with Crippen molar-refractivity contribution < 1.29 is 9.18 Å². The molecule has 2 rings (SSSR count). The lowest BCUT2D eigenvalue weighted by molar-refractivity contribution is 0.102. The summed E-state index contributed by atoms with van der Waals surface area (Å²) in [7, 11) is 0. The average Bonchev–Trinajstić information content (AvgIpc) is 2.35. The zero-order valence-corrected chi connectivity index (χ0v) is 9.78. The van der Waals surface area contributed by atoms with E-state index in [-0.39, 0.29) is 22.2 Å². The van der Waals surface area contributed by atoms with Crippen molar-refractivity contribution in [3.8, 4) is 0 Å². The lowest BCUT2D eigenvalue weighted by atomic mass is 10.3. The number of benzene rings is 1. The van der Waals surface area contributed by atoms with E-state index in [4.69, 9.17) is 17.3 Å². The summed E-state index contributed by atoms with van der Waals surface area (Å²) in [5.41, 5.74) is 5.36. The fourth-order valence-corrected chi connectivity index (χ4v) is 1.45. The van der Waals surface area contributed by atoms with Crippen molar-refractivity contribution >= 4 is 29.0 Å². The molecule has 1 aromatic heterocycles. The number of nitrogen functional groups attached to an aromatic ring is 1. The van der Waals surface area contributed by atoms with Crippen LogP contribution in [0.15, 0.2) is 30.6 Å². The predicted octanol–water partition coefficient (Wildman–Crippen LogP) is 2.10. The van der Waals surface area contributed by atoms with E-state index < -0.39 is 11.7 Å². The largest absolute Gasteiger partial charge is 0.382 e. The number of halogens is 2. The zero-order chi connectivity index (χ0) is 13.1. The van der Waals surface area contributed by atoms with Crippen LogP contribution in [-0.4, -0.2) is 15.9 Å². The van der Waals surface area contributed by atoms with Gasteiger partial charge in [-0.1, -0.05) is 17.7 Å². The van der Waals surface area contributed by atoms with Gasteiger partial charge in [-0.25, -0.2) is 9.37 Å². The molecule has 2 aromatic rings. The predicted molar refractivity (Wildman–Crippen MR) is 65.8 cm³/mol. The maximum absolute atomic E-state index is 13.5. The van der Waals surface area contributed by atoms with Gasteiger partial charge in [-0.15, -0.1) is 0 Å². The molecule has 0 aliphatic carbocycles. The zero-order valence-electron chi connectivity index (χ0n) is 9.02. The van der Waals surface area contributed by atoms with Crippen LogP contribution in [0.3, 0.4) is 0 Å². The Morgan fingerprint density at radius 1 is 1.39 bits per heavy atom. The second-order valence-corrected chi connectivity index (χ2v) is 3.79. The quantitative estimate of drug-likeness (QED) is 0.872. The van der Waals surface area contributed by atoms with Crippen molar-refractivity contribution in [3.63, 3.8) is 0 Å². The number of anilines is 2. The van der Waals surface area contributed by atoms with Crippen molar-refractivity contribution in [1.29, 1.82) is 0 Å². The molecule has 18 heavy (non-hydrogen) atoms. The lowest BCUT2D eigenvalue weighted by Gasteiger charge is -2.06. The van der Waals surface area contributed by atoms with Gasteiger partial charge in [0.2, 0.25) is 0 Å². The molecule has 1 amide bonds. The van der Waals surface area contributed by atoms with E-state index in [1.165, 1.54) is 30.6 Å². The molecule has 0 aliphatic heterocycles. The molecule has 0 atom stereocenters. The number of carbonyl (C=O) groups excluding carboxylic acids is 1. The summed E-state index contributed by atoms with van der Waals surface area (Å²) in [4.78, 5) is 19.2. The second-order valence-electron chi connectivity index (χ2n) is 3.38. The second kappa shape index (κ2) is 4.97. The molecule has 1 aromatic carbocycles. The Morgan fingerprint density at radius 2 is 2.17 bits per heavy atom. The fourth-order valence-electron chi connectivity index (χ4n) is 1.28. The van der Waals surface area contributed by atoms with Crippen LogP contribution in [0.5, 0.6) is 0 Å². The van der Waals surface area contributed by atoms with Gasteiger partial charge in [0.05, 0.1) is 23.1 Å². The van der Waals surface area contributed by atoms with Crippen LogP contribution < -0.4 is 11.1 Å². The number of rotatable bonds is 2. The number of hydrogen-bond acceptors (Lipinski definition) is 4. The first kappa shape index (κ1) is 12.3. The van der Waals surface area contributed by atoms with E-state index in [2.05, 4.69) is 15.3 Å². The molecule has 0 saturated heterocycles. The highest BCUT2D eigenvalue weighted by Gasteiger charge is 2.12. The van der Waals surface area contributed by atoms with Crippen molar-refractivity contribution in [2.75, 3.05) is 11.1 Å². The van der Waals surface area contributed by atoms with Crippen LogP contribution in [0.2, 0.25) is 5.02 Å². The number of nitrogens with zero attached hydrogens (tertiary/aromatic N) is 2. The van der Waals surface area contributed by atoms with Crippen LogP contribution in [-0.2, 0) is 0 Å². The Morgan fingerprint density at radius 3 is 2.89 bits per heavy atom. The Bertz CT molecular complexity index is 605. The monoisotopic (exact) mass is 266 g/mol. The molecule has 0 spiro atoms. The molecule has 5 nitrogen and oxygen atoms in total. The van der Waals surface area contributed by atoms with Gasteiger partial charge < -0.3 is 11.1 Å². The smallest absolute Gasteiger partial charge is 0.276 e. The van der Waals surface area contributed by atoms with Crippen LogP contribution in [0.1, 0.15) is 10.5 Å². The minimum absolute atomic E-state index is 0.00521. The van der Waals surface area contributed by atoms with E-state index in [0.717, 1.165) is 0 Å². The molecule has 0 bridgehead atoms. The van der Waals surface area contributed by atoms with Gasteiger partial charge in [-0.2, -0.15) is 0 Å². The van der Waals surface area contributed by atoms with Crippen LogP contribution in [0.4, 0.5) is 15.9 Å². The third kappa shape index (κ3) is 2.54. The molecule has 0 unspecified atom stereocenters. The first-order valence-electron chi connectivity index (χ1n) is 4.91. The van der Waals surface area contributed by atoms with E-state index >= 15 is 0 Å². The van der Waals surface area contributed by atoms with E-state index in [9.17, 15) is 9.18 Å². The highest BCUT2D eigenvalue weighted by atomic mass is 35.5. The molecular weight excluding hydrogens is 259 g/mol. The van der Waals surface area contributed by atoms with Crippen molar-refractivity contribution in [2.24, 2.45) is 0 Å². The van der Waals surface area contributed by atoms with Gasteiger partial charge in [-0.05, 0) is 12.1 Å². The third-order valence-electron chi connectivity index (χ3n) is 2.09. The molecule has 3 N–H and O–H groups in total. The lowest BCUT2D eigenvalue weighted by Crippen LogP contribution is -2.15. The van der Waals surface area contributed by atoms with Gasteiger partial charge in [0.25, 0.3) is 5.91 Å². The molecular formula is C11H8ClFN4O. The number of nitrogens with two attached hydrogens (primary N) is 1. The highest BCUT2D eigenvalue weighted by Crippen LogP contribution is 2.22. The molecule has 1 heterocycles. The molecule has 92 valence electrons. The van der Waals surface area contributed by atoms with Crippen LogP contribution >= 0.6 is 11.6 Å². The number of hydrogen-bond donors (Lipinski definition) is 2. The summed E-state index contributed by atoms with van der Waals surface area (Å²) >= 11 is 5.59. The van der Waals surface area contributed by atoms with E-state index in [0.29, 0.717) is 0 Å². The topological polar surface area (TPSA) is 80.9 Å². The number of amides is 1. The normalized spacial score (nSPS) is 10.1. The van der Waals surface area contributed by atoms with Gasteiger partial charge in [0.1, 0.15) is 11.5 Å². The molecule has 0 saturated carbocycles. The SMILES string of the molecule is Nc1cncc(C(=O)Nc2cccc(Cl)c2F)n1. The number of carbonyl (C=O) groups is 1. The summed E-state index contributed by atoms with van der Waals surface area (Å²) in [6.45, 7) is 0. The molecule has 0 aliphatic rings. The van der Waals surface area contributed by atoms with Gasteiger partial charge in [0, 0.05) is 0 Å². The Kier molecular flexibility index (Phi) is 3.38. The Balaban J connectivity index is 2.24. The van der Waals surface area contributed by atoms with Crippen molar-refractivity contribution in [1.82, 2.24) is 9.97 Å². The van der Waals surface area contributed by atoms with Gasteiger partial charge in [-0.3, -0.25) is 9.78 Å². The molecule has 7 heteroatoms. The summed E-state index contributed by atoms with van der Waals surface area (Å²) in [6, 6.07) is 4.29. The first-order chi connectivity index (χ1) is 8.58. The number of nitrogens with one attached hydrogen (secondary N) is 1. The van der Waals surface area contributed by atoms with Crippen molar-refractivity contribution in [2.45, 2.75) is 0 Å². The minimum Gasteiger partial charge on any atom is -0.382 e. The standard InChI is InChI=1S/C11H8ClFN4O/c12-6-2-1-3-7(10(6)13)17-11(18)8-4-15-5-9(14)16-8/h1-5H,(H2,14,16)(H,17,18). The van der Waals surface area contributed by atoms with Crippen LogP contribution in [0, 0.1) is 5.82 Å². The van der Waals surface area contributed by atoms with E-state index in [1.54, 1.807) is 0 Å². The fraction of sp³-hybridized carbons (Fsp3) is 0. The highest BCUT2D eigenvalue weighted by molar-refractivity contribution is 6.31. The average molecular weight is 267 g/mol. The van der Waals surface area contributed by atoms with Crippen LogP contribution in [0.25, 0.3) is 0 Å². The molecule has 0 fully saturated rings. The Labute approximate surface area is 107 Å². The van der Waals surface area contributed by atoms with Gasteiger partial charge in [0.15, 0.2) is 5.82 Å². The van der Waals surface area contributed by atoms with Gasteiger partial charge >= 0.3 is 0 Å². The third-order valence-corrected chi connectivity index (χ3v) is 2.38. The summed E-state index contributed by atoms with van der Waals surface area (Å²) in [5, 5.41) is 2.26. The summed E-state index contributed by atoms with van der Waals surface area (Å²) in [6.07, 6.45) is 2.53. The molecule has 0 radical (unpaired) electrons. The minimum atomic E-state index is -0.704.